The second-order valence-corrected chi connectivity index (χ2v) is 5.30. The Labute approximate surface area is 123 Å². The first-order chi connectivity index (χ1) is 9.45. The van der Waals surface area contributed by atoms with Crippen LogP contribution in [-0.2, 0) is 20.1 Å². The molecule has 0 fully saturated rings. The Hall–Kier alpha value is -1.79. The molecule has 0 amide bonds. The highest BCUT2D eigenvalue weighted by molar-refractivity contribution is 7.80. The normalized spacial score (nSPS) is 11.0. The first-order valence-electron chi connectivity index (χ1n) is 6.20. The molecule has 4 nitrogen and oxygen atoms in total. The highest BCUT2D eigenvalue weighted by Crippen LogP contribution is 2.14. The van der Waals surface area contributed by atoms with Gasteiger partial charge in [-0.15, -0.1) is 0 Å². The number of hydrogen-bond donors (Lipinski definition) is 1. The van der Waals surface area contributed by atoms with Crippen LogP contribution in [0.15, 0.2) is 30.6 Å². The first kappa shape index (κ1) is 14.6. The molecule has 20 heavy (non-hydrogen) atoms. The molecule has 0 radical (unpaired) electrons. The smallest absolute Gasteiger partial charge is 0.127 e. The summed E-state index contributed by atoms with van der Waals surface area (Å²) in [6, 6.07) is 4.71. The van der Waals surface area contributed by atoms with Gasteiger partial charge in [-0.3, -0.25) is 9.58 Å². The minimum absolute atomic E-state index is 0.247. The van der Waals surface area contributed by atoms with Gasteiger partial charge in [0, 0.05) is 43.0 Å². The molecule has 0 unspecified atom stereocenters. The molecule has 2 aromatic rings. The number of nitrogens with zero attached hydrogens (tertiary/aromatic N) is 3. The molecule has 0 spiro atoms. The summed E-state index contributed by atoms with van der Waals surface area (Å²) in [4.78, 5) is 2.29. The van der Waals surface area contributed by atoms with E-state index in [9.17, 15) is 4.39 Å². The van der Waals surface area contributed by atoms with Crippen molar-refractivity contribution in [2.24, 2.45) is 12.8 Å². The summed E-state index contributed by atoms with van der Waals surface area (Å²) >= 11 is 4.92. The molecule has 2 N–H and O–H groups in total. The van der Waals surface area contributed by atoms with E-state index in [1.54, 1.807) is 23.0 Å². The number of nitrogens with two attached hydrogens (primary N) is 1. The van der Waals surface area contributed by atoms with Gasteiger partial charge in [0.2, 0.25) is 0 Å². The van der Waals surface area contributed by atoms with E-state index in [2.05, 4.69) is 5.10 Å². The van der Waals surface area contributed by atoms with E-state index >= 15 is 0 Å². The highest BCUT2D eigenvalue weighted by atomic mass is 32.1. The molecule has 1 aromatic heterocycles. The van der Waals surface area contributed by atoms with Crippen LogP contribution in [0.4, 0.5) is 4.39 Å². The monoisotopic (exact) mass is 292 g/mol. The van der Waals surface area contributed by atoms with Gasteiger partial charge < -0.3 is 5.73 Å². The number of rotatable bonds is 5. The zero-order valence-electron chi connectivity index (χ0n) is 11.5. The Bertz CT molecular complexity index is 623. The third-order valence-corrected chi connectivity index (χ3v) is 3.22. The molecule has 0 saturated carbocycles. The molecule has 106 valence electrons. The van der Waals surface area contributed by atoms with E-state index in [4.69, 9.17) is 18.0 Å². The second kappa shape index (κ2) is 6.11. The van der Waals surface area contributed by atoms with Gasteiger partial charge in [0.1, 0.15) is 10.8 Å². The van der Waals surface area contributed by atoms with Gasteiger partial charge in [0.15, 0.2) is 0 Å². The molecule has 1 heterocycles. The van der Waals surface area contributed by atoms with Gasteiger partial charge in [-0.05, 0) is 25.2 Å². The Kier molecular flexibility index (Phi) is 4.46. The summed E-state index contributed by atoms with van der Waals surface area (Å²) in [7, 11) is 3.80. The summed E-state index contributed by atoms with van der Waals surface area (Å²) in [5, 5.41) is 4.11. The van der Waals surface area contributed by atoms with Crippen molar-refractivity contribution in [1.82, 2.24) is 14.7 Å². The molecule has 0 bridgehead atoms. The van der Waals surface area contributed by atoms with Crippen molar-refractivity contribution in [3.63, 3.8) is 0 Å². The lowest BCUT2D eigenvalue weighted by molar-refractivity contribution is 0.313. The van der Waals surface area contributed by atoms with Gasteiger partial charge in [0.05, 0.1) is 6.20 Å². The summed E-state index contributed by atoms with van der Waals surface area (Å²) in [5.41, 5.74) is 7.93. The average Bonchev–Trinajstić information content (AvgIpc) is 2.77. The number of hydrogen-bond acceptors (Lipinski definition) is 3. The van der Waals surface area contributed by atoms with Crippen molar-refractivity contribution in [1.29, 1.82) is 0 Å². The molecular weight excluding hydrogens is 275 g/mol. The minimum Gasteiger partial charge on any atom is -0.389 e. The molecule has 2 rings (SSSR count). The largest absolute Gasteiger partial charge is 0.389 e. The maximum absolute atomic E-state index is 13.8. The zero-order valence-corrected chi connectivity index (χ0v) is 12.3. The lowest BCUT2D eigenvalue weighted by Crippen LogP contribution is -2.18. The molecular formula is C14H17FN4S. The standard InChI is InChI=1S/C14H17FN4S/c1-18(7-10-6-17-19(2)8-10)9-12-5-11(14(16)20)3-4-13(12)15/h3-6,8H,7,9H2,1-2H3,(H2,16,20). The van der Waals surface area contributed by atoms with Crippen molar-refractivity contribution in [3.05, 3.63) is 53.1 Å². The quantitative estimate of drug-likeness (QED) is 0.854. The summed E-state index contributed by atoms with van der Waals surface area (Å²) in [5.74, 6) is -0.247. The summed E-state index contributed by atoms with van der Waals surface area (Å²) in [6.07, 6.45) is 3.75. The Balaban J connectivity index is 2.08. The van der Waals surface area contributed by atoms with Crippen LogP contribution in [0, 0.1) is 5.82 Å². The Morgan fingerprint density at radius 3 is 2.80 bits per heavy atom. The molecule has 1 aromatic carbocycles. The number of thiocarbonyl (C=S) groups is 1. The van der Waals surface area contributed by atoms with Gasteiger partial charge in [-0.25, -0.2) is 4.39 Å². The number of aromatic nitrogens is 2. The zero-order chi connectivity index (χ0) is 14.7. The molecule has 0 saturated heterocycles. The van der Waals surface area contributed by atoms with E-state index in [-0.39, 0.29) is 10.8 Å². The van der Waals surface area contributed by atoms with Crippen LogP contribution in [0.25, 0.3) is 0 Å². The van der Waals surface area contributed by atoms with Crippen LogP contribution in [0.5, 0.6) is 0 Å². The van der Waals surface area contributed by atoms with Crippen LogP contribution in [-0.4, -0.2) is 26.7 Å². The third-order valence-electron chi connectivity index (χ3n) is 2.98. The third kappa shape index (κ3) is 3.61. The fourth-order valence-corrected chi connectivity index (χ4v) is 2.19. The van der Waals surface area contributed by atoms with Crippen LogP contribution in [0.1, 0.15) is 16.7 Å². The van der Waals surface area contributed by atoms with Crippen LogP contribution >= 0.6 is 12.2 Å². The lowest BCUT2D eigenvalue weighted by atomic mass is 10.1. The van der Waals surface area contributed by atoms with Crippen molar-refractivity contribution in [3.8, 4) is 0 Å². The van der Waals surface area contributed by atoms with Crippen LogP contribution in [0.3, 0.4) is 0 Å². The fourth-order valence-electron chi connectivity index (χ4n) is 2.06. The predicted molar refractivity (Wildman–Crippen MR) is 80.7 cm³/mol. The molecule has 0 atom stereocenters. The molecule has 6 heteroatoms. The number of halogens is 1. The maximum atomic E-state index is 13.8. The fraction of sp³-hybridized carbons (Fsp3) is 0.286. The van der Waals surface area contributed by atoms with Gasteiger partial charge in [0.25, 0.3) is 0 Å². The van der Waals surface area contributed by atoms with E-state index in [1.165, 1.54) is 6.07 Å². The lowest BCUT2D eigenvalue weighted by Gasteiger charge is -2.16. The van der Waals surface area contributed by atoms with Crippen LogP contribution in [0.2, 0.25) is 0 Å². The Morgan fingerprint density at radius 1 is 1.45 bits per heavy atom. The SMILES string of the molecule is CN(Cc1cnn(C)c1)Cc1cc(C(N)=S)ccc1F. The van der Waals surface area contributed by atoms with Gasteiger partial charge in [-0.1, -0.05) is 12.2 Å². The van der Waals surface area contributed by atoms with Crippen molar-refractivity contribution in [2.75, 3.05) is 7.05 Å². The first-order valence-corrected chi connectivity index (χ1v) is 6.61. The average molecular weight is 292 g/mol. The topological polar surface area (TPSA) is 47.1 Å². The van der Waals surface area contributed by atoms with Gasteiger partial charge in [-0.2, -0.15) is 5.10 Å². The predicted octanol–water partition coefficient (Wildman–Crippen LogP) is 1.83. The number of aryl methyl sites for hydroxylation is 1. The van der Waals surface area contributed by atoms with E-state index in [1.807, 2.05) is 25.2 Å². The van der Waals surface area contributed by atoms with Crippen molar-refractivity contribution < 1.29 is 4.39 Å². The van der Waals surface area contributed by atoms with E-state index in [0.717, 1.165) is 5.56 Å². The molecule has 0 aliphatic rings. The number of benzene rings is 1. The molecule has 0 aliphatic heterocycles. The molecule has 0 aliphatic carbocycles. The summed E-state index contributed by atoms with van der Waals surface area (Å²) in [6.45, 7) is 1.18. The Morgan fingerprint density at radius 2 is 2.20 bits per heavy atom. The highest BCUT2D eigenvalue weighted by Gasteiger charge is 2.09. The van der Waals surface area contributed by atoms with E-state index < -0.39 is 0 Å². The second-order valence-electron chi connectivity index (χ2n) is 4.86. The van der Waals surface area contributed by atoms with E-state index in [0.29, 0.717) is 24.2 Å². The van der Waals surface area contributed by atoms with Gasteiger partial charge >= 0.3 is 0 Å². The van der Waals surface area contributed by atoms with Crippen molar-refractivity contribution in [2.45, 2.75) is 13.1 Å². The summed E-state index contributed by atoms with van der Waals surface area (Å²) < 4.78 is 15.6. The minimum atomic E-state index is -0.247. The van der Waals surface area contributed by atoms with Crippen molar-refractivity contribution >= 4 is 17.2 Å². The maximum Gasteiger partial charge on any atom is 0.127 e. The van der Waals surface area contributed by atoms with Crippen LogP contribution < -0.4 is 5.73 Å².